The molecule has 2 unspecified atom stereocenters. The molecule has 2 heterocycles. The number of nitrogens with one attached hydrogen (secondary N) is 1. The van der Waals surface area contributed by atoms with Crippen LogP contribution in [0, 0.1) is 0 Å². The number of morpholine rings is 1. The first-order chi connectivity index (χ1) is 12.2. The third-order valence-corrected chi connectivity index (χ3v) is 5.37. The molecule has 6 heteroatoms. The Labute approximate surface area is 175 Å². The van der Waals surface area contributed by atoms with Gasteiger partial charge in [-0.1, -0.05) is 31.2 Å². The second-order valence-electron chi connectivity index (χ2n) is 7.20. The lowest BCUT2D eigenvalue weighted by molar-refractivity contribution is -0.0454. The van der Waals surface area contributed by atoms with Crippen LogP contribution in [-0.2, 0) is 17.7 Å². The highest BCUT2D eigenvalue weighted by molar-refractivity contribution is 14.0. The van der Waals surface area contributed by atoms with E-state index in [2.05, 4.69) is 58.3 Å². The monoisotopic (exact) mass is 472 g/mol. The molecule has 2 aliphatic rings. The third-order valence-electron chi connectivity index (χ3n) is 5.37. The highest BCUT2D eigenvalue weighted by Gasteiger charge is 2.32. The highest BCUT2D eigenvalue weighted by atomic mass is 127. The van der Waals surface area contributed by atoms with Gasteiger partial charge >= 0.3 is 0 Å². The molecule has 2 fully saturated rings. The molecule has 2 atom stereocenters. The van der Waals surface area contributed by atoms with Gasteiger partial charge in [0.25, 0.3) is 0 Å². The van der Waals surface area contributed by atoms with E-state index in [1.165, 1.54) is 30.5 Å². The molecule has 0 spiro atoms. The van der Waals surface area contributed by atoms with Crippen LogP contribution >= 0.6 is 24.0 Å². The van der Waals surface area contributed by atoms with Crippen LogP contribution in [-0.4, -0.2) is 68.2 Å². The molecule has 2 saturated heterocycles. The lowest BCUT2D eigenvalue weighted by atomic mass is 10.1. The number of benzene rings is 1. The molecule has 1 N–H and O–H groups in total. The smallest absolute Gasteiger partial charge is 0.193 e. The molecule has 0 aliphatic carbocycles. The van der Waals surface area contributed by atoms with E-state index in [-0.39, 0.29) is 30.1 Å². The zero-order valence-corrected chi connectivity index (χ0v) is 18.6. The van der Waals surface area contributed by atoms with Crippen LogP contribution in [0.3, 0.4) is 0 Å². The lowest BCUT2D eigenvalue weighted by Crippen LogP contribution is -2.51. The molecular formula is C20H33IN4O. The van der Waals surface area contributed by atoms with Crippen molar-refractivity contribution >= 4 is 29.9 Å². The van der Waals surface area contributed by atoms with Gasteiger partial charge in [0.1, 0.15) is 0 Å². The van der Waals surface area contributed by atoms with Crippen molar-refractivity contribution in [2.24, 2.45) is 4.99 Å². The lowest BCUT2D eigenvalue weighted by Gasteiger charge is -2.35. The summed E-state index contributed by atoms with van der Waals surface area (Å²) in [7, 11) is 3.93. The summed E-state index contributed by atoms with van der Waals surface area (Å²) >= 11 is 0. The van der Waals surface area contributed by atoms with E-state index >= 15 is 0 Å². The van der Waals surface area contributed by atoms with Gasteiger partial charge in [0.05, 0.1) is 12.7 Å². The van der Waals surface area contributed by atoms with E-state index < -0.39 is 0 Å². The molecule has 0 saturated carbocycles. The average Bonchev–Trinajstić information content (AvgIpc) is 3.10. The van der Waals surface area contributed by atoms with Crippen molar-refractivity contribution in [2.45, 2.75) is 44.9 Å². The van der Waals surface area contributed by atoms with Crippen LogP contribution in [0.15, 0.2) is 29.3 Å². The first-order valence-electron chi connectivity index (χ1n) is 9.55. The Morgan fingerprint density at radius 3 is 2.73 bits per heavy atom. The SMILES string of the molecule is CCc1ccc(CN(C)C(=NC)NCC2CN3CCCC3CO2)cc1.I. The largest absolute Gasteiger partial charge is 0.373 e. The molecule has 1 aromatic rings. The maximum absolute atomic E-state index is 6.03. The minimum absolute atomic E-state index is 0. The van der Waals surface area contributed by atoms with Gasteiger partial charge in [-0.3, -0.25) is 9.89 Å². The van der Waals surface area contributed by atoms with Crippen LogP contribution in [0.5, 0.6) is 0 Å². The first kappa shape index (κ1) is 21.4. The van der Waals surface area contributed by atoms with Gasteiger partial charge in [-0.15, -0.1) is 24.0 Å². The molecule has 1 aromatic carbocycles. The maximum atomic E-state index is 6.03. The summed E-state index contributed by atoms with van der Waals surface area (Å²) < 4.78 is 6.03. The Morgan fingerprint density at radius 1 is 1.31 bits per heavy atom. The zero-order chi connectivity index (χ0) is 17.6. The van der Waals surface area contributed by atoms with Gasteiger partial charge < -0.3 is 15.0 Å². The molecule has 2 aliphatic heterocycles. The number of aliphatic imine (C=N–C) groups is 1. The third kappa shape index (κ3) is 5.57. The van der Waals surface area contributed by atoms with E-state index in [1.807, 2.05) is 7.05 Å². The summed E-state index contributed by atoms with van der Waals surface area (Å²) in [5.41, 5.74) is 2.68. The van der Waals surface area contributed by atoms with Crippen LogP contribution < -0.4 is 5.32 Å². The summed E-state index contributed by atoms with van der Waals surface area (Å²) in [6.07, 6.45) is 3.94. The Kier molecular flexibility index (Phi) is 8.63. The summed E-state index contributed by atoms with van der Waals surface area (Å²) in [5.74, 6) is 0.923. The number of fused-ring (bicyclic) bond motifs is 1. The number of rotatable bonds is 5. The number of ether oxygens (including phenoxy) is 1. The van der Waals surface area contributed by atoms with Crippen molar-refractivity contribution in [2.75, 3.05) is 40.3 Å². The number of halogens is 1. The van der Waals surface area contributed by atoms with Crippen LogP contribution in [0.2, 0.25) is 0 Å². The molecule has 5 nitrogen and oxygen atoms in total. The molecule has 26 heavy (non-hydrogen) atoms. The number of guanidine groups is 1. The molecular weight excluding hydrogens is 439 g/mol. The Balaban J connectivity index is 0.00000243. The van der Waals surface area contributed by atoms with Crippen molar-refractivity contribution in [3.8, 4) is 0 Å². The zero-order valence-electron chi connectivity index (χ0n) is 16.3. The van der Waals surface area contributed by atoms with Crippen molar-refractivity contribution in [3.05, 3.63) is 35.4 Å². The Morgan fingerprint density at radius 2 is 2.04 bits per heavy atom. The van der Waals surface area contributed by atoms with Gasteiger partial charge in [0.15, 0.2) is 5.96 Å². The second-order valence-corrected chi connectivity index (χ2v) is 7.20. The molecule has 3 rings (SSSR count). The Hall–Kier alpha value is -0.860. The fourth-order valence-corrected chi connectivity index (χ4v) is 3.83. The molecule has 0 radical (unpaired) electrons. The quantitative estimate of drug-likeness (QED) is 0.407. The summed E-state index contributed by atoms with van der Waals surface area (Å²) in [4.78, 5) is 9.18. The van der Waals surface area contributed by atoms with Crippen molar-refractivity contribution in [1.29, 1.82) is 0 Å². The maximum Gasteiger partial charge on any atom is 0.193 e. The second kappa shape index (κ2) is 10.5. The number of hydrogen-bond acceptors (Lipinski definition) is 3. The normalized spacial score (nSPS) is 23.3. The van der Waals surface area contributed by atoms with Gasteiger partial charge in [-0.2, -0.15) is 0 Å². The van der Waals surface area contributed by atoms with Crippen LogP contribution in [0.25, 0.3) is 0 Å². The molecule has 0 amide bonds. The van der Waals surface area contributed by atoms with E-state index in [4.69, 9.17) is 4.74 Å². The molecule has 0 bridgehead atoms. The standard InChI is InChI=1S/C20H32N4O.HI/c1-4-16-7-9-17(10-8-16)13-23(3)20(21-2)22-12-19-14-24-11-5-6-18(24)15-25-19;/h7-10,18-19H,4-6,11-15H2,1-3H3,(H,21,22);1H. The van der Waals surface area contributed by atoms with Crippen LogP contribution in [0.4, 0.5) is 0 Å². The molecule has 146 valence electrons. The van der Waals surface area contributed by atoms with Crippen molar-refractivity contribution in [3.63, 3.8) is 0 Å². The minimum atomic E-state index is 0. The van der Waals surface area contributed by atoms with Gasteiger partial charge in [0, 0.05) is 39.8 Å². The van der Waals surface area contributed by atoms with E-state index in [1.54, 1.807) is 0 Å². The fraction of sp³-hybridized carbons (Fsp3) is 0.650. The van der Waals surface area contributed by atoms with Crippen molar-refractivity contribution in [1.82, 2.24) is 15.1 Å². The van der Waals surface area contributed by atoms with E-state index in [0.717, 1.165) is 38.6 Å². The van der Waals surface area contributed by atoms with E-state index in [0.29, 0.717) is 6.04 Å². The molecule has 0 aromatic heterocycles. The topological polar surface area (TPSA) is 40.1 Å². The first-order valence-corrected chi connectivity index (χ1v) is 9.55. The number of nitrogens with zero attached hydrogens (tertiary/aromatic N) is 3. The predicted octanol–water partition coefficient (Wildman–Crippen LogP) is 2.74. The van der Waals surface area contributed by atoms with Gasteiger partial charge in [-0.05, 0) is 36.9 Å². The highest BCUT2D eigenvalue weighted by Crippen LogP contribution is 2.22. The average molecular weight is 472 g/mol. The number of aryl methyl sites for hydroxylation is 1. The number of hydrogen-bond donors (Lipinski definition) is 1. The summed E-state index contributed by atoms with van der Waals surface area (Å²) in [6, 6.07) is 9.49. The predicted molar refractivity (Wildman–Crippen MR) is 118 cm³/mol. The van der Waals surface area contributed by atoms with E-state index in [9.17, 15) is 0 Å². The van der Waals surface area contributed by atoms with Gasteiger partial charge in [-0.25, -0.2) is 0 Å². The Bertz CT molecular complexity index is 578. The summed E-state index contributed by atoms with van der Waals surface area (Å²) in [6.45, 7) is 7.00. The fourth-order valence-electron chi connectivity index (χ4n) is 3.83. The minimum Gasteiger partial charge on any atom is -0.373 e. The van der Waals surface area contributed by atoms with Crippen molar-refractivity contribution < 1.29 is 4.74 Å². The van der Waals surface area contributed by atoms with Crippen LogP contribution in [0.1, 0.15) is 30.9 Å². The summed E-state index contributed by atoms with van der Waals surface area (Å²) in [5, 5.41) is 3.49. The van der Waals surface area contributed by atoms with Gasteiger partial charge in [0.2, 0.25) is 0 Å².